The van der Waals surface area contributed by atoms with Crippen LogP contribution in [0.5, 0.6) is 0 Å². The Bertz CT molecular complexity index is 585. The van der Waals surface area contributed by atoms with Gasteiger partial charge in [-0.05, 0) is 25.2 Å². The first-order valence-corrected chi connectivity index (χ1v) is 8.41. The maximum atomic E-state index is 12.4. The topological polar surface area (TPSA) is 79.3 Å². The smallest absolute Gasteiger partial charge is 0.317 e. The van der Waals surface area contributed by atoms with Gasteiger partial charge in [-0.15, -0.1) is 0 Å². The number of rotatable bonds is 3. The van der Waals surface area contributed by atoms with Crippen LogP contribution in [-0.4, -0.2) is 45.8 Å². The van der Waals surface area contributed by atoms with E-state index in [0.29, 0.717) is 24.3 Å². The Morgan fingerprint density at radius 3 is 2.83 bits per heavy atom. The molecule has 0 spiro atoms. The summed E-state index contributed by atoms with van der Waals surface area (Å²) in [6.07, 6.45) is 6.23. The monoisotopic (exact) mass is 319 g/mol. The lowest BCUT2D eigenvalue weighted by atomic mass is 10.1. The second kappa shape index (κ2) is 6.60. The third-order valence-electron chi connectivity index (χ3n) is 4.91. The highest BCUT2D eigenvalue weighted by molar-refractivity contribution is 5.87. The number of anilines is 1. The molecule has 1 aromatic rings. The molecule has 2 aliphatic rings. The molecule has 3 unspecified atom stereocenters. The number of hydrogen-bond donors (Lipinski definition) is 2. The Morgan fingerprint density at radius 2 is 2.13 bits per heavy atom. The SMILES string of the molecule is CC(=O)Nc1ccn(C2CCN(C(=O)NC3CCCC3C)C2)n1. The number of hydrogen-bond acceptors (Lipinski definition) is 3. The van der Waals surface area contributed by atoms with E-state index in [9.17, 15) is 9.59 Å². The fourth-order valence-electron chi connectivity index (χ4n) is 3.54. The van der Waals surface area contributed by atoms with Crippen molar-refractivity contribution in [1.29, 1.82) is 0 Å². The van der Waals surface area contributed by atoms with E-state index < -0.39 is 0 Å². The van der Waals surface area contributed by atoms with Crippen LogP contribution in [-0.2, 0) is 4.79 Å². The zero-order chi connectivity index (χ0) is 16.4. The lowest BCUT2D eigenvalue weighted by Gasteiger charge is -2.23. The van der Waals surface area contributed by atoms with E-state index in [0.717, 1.165) is 19.4 Å². The highest BCUT2D eigenvalue weighted by Crippen LogP contribution is 2.26. The molecular formula is C16H25N5O2. The minimum Gasteiger partial charge on any atom is -0.335 e. The Balaban J connectivity index is 1.54. The molecule has 1 aliphatic heterocycles. The molecule has 7 heteroatoms. The first-order valence-electron chi connectivity index (χ1n) is 8.41. The summed E-state index contributed by atoms with van der Waals surface area (Å²) in [5.74, 6) is 0.997. The predicted molar refractivity (Wildman–Crippen MR) is 87.1 cm³/mol. The van der Waals surface area contributed by atoms with Crippen molar-refractivity contribution >= 4 is 17.8 Å². The molecule has 0 bridgehead atoms. The highest BCUT2D eigenvalue weighted by Gasteiger charge is 2.31. The van der Waals surface area contributed by atoms with Gasteiger partial charge in [-0.3, -0.25) is 9.48 Å². The van der Waals surface area contributed by atoms with Crippen molar-refractivity contribution in [2.24, 2.45) is 5.92 Å². The summed E-state index contributed by atoms with van der Waals surface area (Å²) in [6.45, 7) is 5.07. The van der Waals surface area contributed by atoms with Gasteiger partial charge in [-0.25, -0.2) is 4.79 Å². The van der Waals surface area contributed by atoms with Crippen molar-refractivity contribution in [1.82, 2.24) is 20.0 Å². The first kappa shape index (κ1) is 15.8. The van der Waals surface area contributed by atoms with E-state index in [-0.39, 0.29) is 18.0 Å². The molecule has 1 saturated heterocycles. The van der Waals surface area contributed by atoms with Crippen LogP contribution in [0, 0.1) is 5.92 Å². The number of carbonyl (C=O) groups excluding carboxylic acids is 2. The molecule has 2 N–H and O–H groups in total. The van der Waals surface area contributed by atoms with Crippen molar-refractivity contribution < 1.29 is 9.59 Å². The van der Waals surface area contributed by atoms with Gasteiger partial charge in [-0.2, -0.15) is 5.10 Å². The number of carbonyl (C=O) groups is 2. The lowest BCUT2D eigenvalue weighted by molar-refractivity contribution is -0.114. The number of amides is 3. The summed E-state index contributed by atoms with van der Waals surface area (Å²) in [5.41, 5.74) is 0. The largest absolute Gasteiger partial charge is 0.335 e. The van der Waals surface area contributed by atoms with Gasteiger partial charge in [-0.1, -0.05) is 13.3 Å². The summed E-state index contributed by atoms with van der Waals surface area (Å²) in [7, 11) is 0. The Morgan fingerprint density at radius 1 is 1.30 bits per heavy atom. The van der Waals surface area contributed by atoms with Crippen LogP contribution >= 0.6 is 0 Å². The predicted octanol–water partition coefficient (Wildman–Crippen LogP) is 1.99. The van der Waals surface area contributed by atoms with Gasteiger partial charge in [0, 0.05) is 38.3 Å². The molecule has 2 heterocycles. The van der Waals surface area contributed by atoms with Gasteiger partial charge < -0.3 is 15.5 Å². The van der Waals surface area contributed by atoms with Crippen molar-refractivity contribution in [2.75, 3.05) is 18.4 Å². The molecule has 0 radical (unpaired) electrons. The first-order chi connectivity index (χ1) is 11.0. The Hall–Kier alpha value is -2.05. The highest BCUT2D eigenvalue weighted by atomic mass is 16.2. The maximum absolute atomic E-state index is 12.4. The second-order valence-electron chi connectivity index (χ2n) is 6.71. The van der Waals surface area contributed by atoms with Gasteiger partial charge in [0.25, 0.3) is 0 Å². The van der Waals surface area contributed by atoms with Crippen molar-refractivity contribution in [3.63, 3.8) is 0 Å². The van der Waals surface area contributed by atoms with E-state index in [1.165, 1.54) is 19.8 Å². The average Bonchev–Trinajstić information content (AvgIpc) is 3.19. The van der Waals surface area contributed by atoms with Gasteiger partial charge in [0.1, 0.15) is 0 Å². The van der Waals surface area contributed by atoms with E-state index in [2.05, 4.69) is 22.7 Å². The fourth-order valence-corrected chi connectivity index (χ4v) is 3.54. The van der Waals surface area contributed by atoms with Gasteiger partial charge >= 0.3 is 6.03 Å². The van der Waals surface area contributed by atoms with Gasteiger partial charge in [0.15, 0.2) is 5.82 Å². The Labute approximate surface area is 136 Å². The standard InChI is InChI=1S/C16H25N5O2/c1-11-4-3-5-14(11)18-16(23)20-8-6-13(10-20)21-9-7-15(19-21)17-12(2)22/h7,9,11,13-14H,3-6,8,10H2,1-2H3,(H,18,23)(H,17,19,22). The number of urea groups is 1. The van der Waals surface area contributed by atoms with Crippen molar-refractivity contribution in [3.05, 3.63) is 12.3 Å². The fraction of sp³-hybridized carbons (Fsp3) is 0.688. The number of aromatic nitrogens is 2. The lowest BCUT2D eigenvalue weighted by Crippen LogP contribution is -2.44. The Kier molecular flexibility index (Phi) is 4.54. The number of likely N-dealkylation sites (tertiary alicyclic amines) is 1. The molecular weight excluding hydrogens is 294 g/mol. The summed E-state index contributed by atoms with van der Waals surface area (Å²) in [5, 5.41) is 10.2. The van der Waals surface area contributed by atoms with Crippen LogP contribution in [0.4, 0.5) is 10.6 Å². The summed E-state index contributed by atoms with van der Waals surface area (Å²) < 4.78 is 1.84. The maximum Gasteiger partial charge on any atom is 0.317 e. The quantitative estimate of drug-likeness (QED) is 0.894. The van der Waals surface area contributed by atoms with Crippen LogP contribution in [0.25, 0.3) is 0 Å². The molecule has 1 aromatic heterocycles. The zero-order valence-electron chi connectivity index (χ0n) is 13.8. The molecule has 1 aliphatic carbocycles. The van der Waals surface area contributed by atoms with Gasteiger partial charge in [0.05, 0.1) is 6.04 Å². The van der Waals surface area contributed by atoms with Crippen molar-refractivity contribution in [2.45, 2.75) is 51.6 Å². The normalized spacial score (nSPS) is 27.2. The van der Waals surface area contributed by atoms with Crippen molar-refractivity contribution in [3.8, 4) is 0 Å². The molecule has 0 aromatic carbocycles. The minimum absolute atomic E-state index is 0.0421. The molecule has 2 fully saturated rings. The zero-order valence-corrected chi connectivity index (χ0v) is 13.8. The molecule has 1 saturated carbocycles. The van der Waals surface area contributed by atoms with Gasteiger partial charge in [0.2, 0.25) is 5.91 Å². The van der Waals surface area contributed by atoms with E-state index in [1.54, 1.807) is 6.07 Å². The molecule has 23 heavy (non-hydrogen) atoms. The third kappa shape index (κ3) is 3.65. The molecule has 126 valence electrons. The molecule has 7 nitrogen and oxygen atoms in total. The molecule has 3 rings (SSSR count). The van der Waals surface area contributed by atoms with Crippen LogP contribution in [0.3, 0.4) is 0 Å². The van der Waals surface area contributed by atoms with E-state index >= 15 is 0 Å². The summed E-state index contributed by atoms with van der Waals surface area (Å²) in [6, 6.07) is 2.31. The summed E-state index contributed by atoms with van der Waals surface area (Å²) in [4.78, 5) is 25.3. The van der Waals surface area contributed by atoms with Crippen LogP contribution in [0.1, 0.15) is 45.6 Å². The average molecular weight is 319 g/mol. The minimum atomic E-state index is -0.131. The van der Waals surface area contributed by atoms with E-state index in [1.807, 2.05) is 15.8 Å². The van der Waals surface area contributed by atoms with Crippen LogP contribution in [0.2, 0.25) is 0 Å². The molecule has 3 amide bonds. The number of nitrogens with one attached hydrogen (secondary N) is 2. The summed E-state index contributed by atoms with van der Waals surface area (Å²) >= 11 is 0. The van der Waals surface area contributed by atoms with Crippen LogP contribution in [0.15, 0.2) is 12.3 Å². The number of nitrogens with zero attached hydrogens (tertiary/aromatic N) is 3. The second-order valence-corrected chi connectivity index (χ2v) is 6.71. The third-order valence-corrected chi connectivity index (χ3v) is 4.91. The van der Waals surface area contributed by atoms with E-state index in [4.69, 9.17) is 0 Å². The van der Waals surface area contributed by atoms with Crippen LogP contribution < -0.4 is 10.6 Å². The molecule has 3 atom stereocenters.